The van der Waals surface area contributed by atoms with Gasteiger partial charge in [0.15, 0.2) is 0 Å². The molecule has 2 nitrogen and oxygen atoms in total. The van der Waals surface area contributed by atoms with E-state index in [1.54, 1.807) is 0 Å². The molecule has 0 spiro atoms. The van der Waals surface area contributed by atoms with Crippen LogP contribution in [0.4, 0.5) is 0 Å². The Bertz CT molecular complexity index is 197. The first-order chi connectivity index (χ1) is 7.10. The van der Waals surface area contributed by atoms with E-state index in [2.05, 4.69) is 35.7 Å². The van der Waals surface area contributed by atoms with Gasteiger partial charge in [-0.25, -0.2) is 0 Å². The van der Waals surface area contributed by atoms with E-state index in [0.29, 0.717) is 0 Å². The number of unbranched alkanes of at least 4 members (excludes halogenated alkanes) is 1. The number of nitrogens with zero attached hydrogens (tertiary/aromatic N) is 2. The molecule has 0 aromatic carbocycles. The topological polar surface area (TPSA) is 6.48 Å². The second-order valence-electron chi connectivity index (χ2n) is 3.11. The van der Waals surface area contributed by atoms with Gasteiger partial charge >= 0.3 is 42.1 Å². The van der Waals surface area contributed by atoms with Crippen LogP contribution in [0.3, 0.4) is 0 Å². The summed E-state index contributed by atoms with van der Waals surface area (Å²) in [6.07, 6.45) is 8.57. The maximum atomic E-state index is 5.01. The molecular formula is C9H16Cl3N2Zn. The Labute approximate surface area is 109 Å². The van der Waals surface area contributed by atoms with Crippen LogP contribution in [0.25, 0.3) is 0 Å². The summed E-state index contributed by atoms with van der Waals surface area (Å²) in [6, 6.07) is 0. The van der Waals surface area contributed by atoms with Crippen molar-refractivity contribution in [2.24, 2.45) is 0 Å². The van der Waals surface area contributed by atoms with Gasteiger partial charge in [-0.2, -0.15) is 0 Å². The molecule has 1 rings (SSSR count). The molecule has 1 aliphatic heterocycles. The fourth-order valence-electron chi connectivity index (χ4n) is 1.11. The van der Waals surface area contributed by atoms with E-state index >= 15 is 0 Å². The van der Waals surface area contributed by atoms with Gasteiger partial charge in [0.2, 0.25) is 0 Å². The van der Waals surface area contributed by atoms with Crippen LogP contribution < -0.4 is 0 Å². The predicted molar refractivity (Wildman–Crippen MR) is 65.2 cm³/mol. The van der Waals surface area contributed by atoms with E-state index in [1.165, 1.54) is 12.8 Å². The zero-order valence-corrected chi connectivity index (χ0v) is 14.2. The number of halogens is 3. The van der Waals surface area contributed by atoms with Gasteiger partial charge in [-0.3, -0.25) is 0 Å². The Morgan fingerprint density at radius 2 is 2.00 bits per heavy atom. The molecule has 0 bridgehead atoms. The summed E-state index contributed by atoms with van der Waals surface area (Å²) in [4.78, 5) is 4.38. The van der Waals surface area contributed by atoms with Gasteiger partial charge in [0.05, 0.1) is 6.67 Å². The van der Waals surface area contributed by atoms with Gasteiger partial charge in [0.1, 0.15) is 0 Å². The average Bonchev–Trinajstić information content (AvgIpc) is 2.61. The second-order valence-corrected chi connectivity index (χ2v) is 17.0. The molecule has 0 saturated heterocycles. The first kappa shape index (κ1) is 15.6. The van der Waals surface area contributed by atoms with E-state index in [0.717, 1.165) is 13.2 Å². The predicted octanol–water partition coefficient (Wildman–Crippen LogP) is 4.04. The Morgan fingerprint density at radius 3 is 2.40 bits per heavy atom. The van der Waals surface area contributed by atoms with Crippen LogP contribution in [0.1, 0.15) is 19.8 Å². The normalized spacial score (nSPS) is 13.6. The van der Waals surface area contributed by atoms with Crippen LogP contribution in [0.2, 0.25) is 0 Å². The van der Waals surface area contributed by atoms with Crippen molar-refractivity contribution in [2.45, 2.75) is 19.8 Å². The van der Waals surface area contributed by atoms with Crippen LogP contribution in [-0.4, -0.2) is 23.0 Å². The molecule has 1 heterocycles. The fourth-order valence-corrected chi connectivity index (χ4v) is 1.11. The van der Waals surface area contributed by atoms with E-state index in [9.17, 15) is 0 Å². The van der Waals surface area contributed by atoms with Crippen molar-refractivity contribution in [1.29, 1.82) is 0 Å². The zero-order valence-electron chi connectivity index (χ0n) is 9.00. The van der Waals surface area contributed by atoms with Gasteiger partial charge < -0.3 is 9.80 Å². The van der Waals surface area contributed by atoms with Gasteiger partial charge in [-0.05, 0) is 12.6 Å². The fraction of sp³-hybridized carbons (Fsp3) is 0.556. The van der Waals surface area contributed by atoms with Crippen LogP contribution in [0.15, 0.2) is 25.2 Å². The number of rotatable bonds is 4. The molecule has 6 heteroatoms. The molecule has 85 valence electrons. The van der Waals surface area contributed by atoms with Gasteiger partial charge in [-0.15, -0.1) is 0 Å². The van der Waals surface area contributed by atoms with E-state index in [1.807, 2.05) is 6.20 Å². The molecule has 0 atom stereocenters. The van der Waals surface area contributed by atoms with E-state index in [-0.39, 0.29) is 0 Å². The van der Waals surface area contributed by atoms with Crippen LogP contribution >= 0.6 is 29.1 Å². The molecule has 0 aliphatic carbocycles. The molecule has 0 aromatic heterocycles. The molecule has 0 saturated carbocycles. The summed E-state index contributed by atoms with van der Waals surface area (Å²) in [5.41, 5.74) is 0. The first-order valence-electron chi connectivity index (χ1n) is 4.97. The summed E-state index contributed by atoms with van der Waals surface area (Å²) < 4.78 is 0. The second kappa shape index (κ2) is 9.77. The standard InChI is InChI=1S/C9H16N2.3ClH.Zn/c1-3-5-6-11-8-7-10(4-2)9-11;;;;/h4,7-8H,2-3,5-6,9H2,1H3;3*1H;/q;;;;+3/p-3. The van der Waals surface area contributed by atoms with Crippen molar-refractivity contribution in [1.82, 2.24) is 9.80 Å². The van der Waals surface area contributed by atoms with Crippen LogP contribution in [0, 0.1) is 0 Å². The number of hydrogen-bond donors (Lipinski definition) is 0. The molecular weight excluding hydrogens is 308 g/mol. The number of hydrogen-bond acceptors (Lipinski definition) is 2. The first-order valence-corrected chi connectivity index (χ1v) is 16.7. The van der Waals surface area contributed by atoms with Gasteiger partial charge in [0, 0.05) is 18.9 Å². The SMILES string of the molecule is C=CN1C=CN(CCCC)C1.[Cl][Zn]([Cl])[Cl]. The van der Waals surface area contributed by atoms with Crippen molar-refractivity contribution in [3.8, 4) is 0 Å². The van der Waals surface area contributed by atoms with Crippen LogP contribution in [0.5, 0.6) is 0 Å². The average molecular weight is 324 g/mol. The van der Waals surface area contributed by atoms with Crippen LogP contribution in [-0.2, 0) is 13.0 Å². The maximum absolute atomic E-state index is 5.01. The van der Waals surface area contributed by atoms with Crippen molar-refractivity contribution in [2.75, 3.05) is 13.2 Å². The third-order valence-corrected chi connectivity index (χ3v) is 1.85. The quantitative estimate of drug-likeness (QED) is 0.720. The minimum atomic E-state index is -2.21. The summed E-state index contributed by atoms with van der Waals surface area (Å²) in [5, 5.41) is 0. The molecule has 1 aliphatic rings. The van der Waals surface area contributed by atoms with Gasteiger partial charge in [0.25, 0.3) is 0 Å². The summed E-state index contributed by atoms with van der Waals surface area (Å²) in [7, 11) is 15.0. The molecule has 0 N–H and O–H groups in total. The van der Waals surface area contributed by atoms with Crippen molar-refractivity contribution >= 4 is 29.1 Å². The molecule has 0 unspecified atom stereocenters. The van der Waals surface area contributed by atoms with Crippen molar-refractivity contribution < 1.29 is 13.0 Å². The summed E-state index contributed by atoms with van der Waals surface area (Å²) in [6.45, 7) is 8.06. The van der Waals surface area contributed by atoms with Crippen molar-refractivity contribution in [3.63, 3.8) is 0 Å². The molecule has 0 amide bonds. The zero-order chi connectivity index (χ0) is 11.7. The van der Waals surface area contributed by atoms with E-state index in [4.69, 9.17) is 29.1 Å². The molecule has 0 aromatic rings. The minimum absolute atomic E-state index is 0.976. The summed E-state index contributed by atoms with van der Waals surface area (Å²) >= 11 is -2.21. The summed E-state index contributed by atoms with van der Waals surface area (Å²) in [5.74, 6) is 0. The van der Waals surface area contributed by atoms with E-state index < -0.39 is 13.0 Å². The Hall–Kier alpha value is 0.573. The monoisotopic (exact) mass is 321 g/mol. The van der Waals surface area contributed by atoms with Gasteiger partial charge in [-0.1, -0.05) is 19.9 Å². The molecule has 0 radical (unpaired) electrons. The van der Waals surface area contributed by atoms with Crippen molar-refractivity contribution in [3.05, 3.63) is 25.2 Å². The molecule has 0 fully saturated rings. The third kappa shape index (κ3) is 9.50. The Balaban J connectivity index is 0.000000423. The Kier molecular flexibility index (Phi) is 10.1. The molecule has 15 heavy (non-hydrogen) atoms. The Morgan fingerprint density at radius 1 is 1.40 bits per heavy atom. The third-order valence-electron chi connectivity index (χ3n) is 1.85.